The summed E-state index contributed by atoms with van der Waals surface area (Å²) >= 11 is 0. The van der Waals surface area contributed by atoms with Gasteiger partial charge in [-0.05, 0) is 25.1 Å². The standard InChI is InChI=1S/C21H19N3O5S/c1-3-28-21(26)19-17-12-30(27)18-7-5-4-6-16(18)20(17)24(23-19)15-9-8-14(22-10-15)11-29-13(2)25/h4-10H,3,11-12H2,1-2H3. The molecule has 3 aromatic rings. The molecule has 0 aliphatic carbocycles. The predicted molar refractivity (Wildman–Crippen MR) is 108 cm³/mol. The van der Waals surface area contributed by atoms with E-state index in [4.69, 9.17) is 9.47 Å². The Balaban J connectivity index is 1.83. The number of esters is 2. The third-order valence-corrected chi connectivity index (χ3v) is 5.99. The topological polar surface area (TPSA) is 100 Å². The summed E-state index contributed by atoms with van der Waals surface area (Å²) in [7, 11) is -1.29. The molecule has 1 unspecified atom stereocenters. The summed E-state index contributed by atoms with van der Waals surface area (Å²) < 4.78 is 24.5. The highest BCUT2D eigenvalue weighted by Gasteiger charge is 2.32. The summed E-state index contributed by atoms with van der Waals surface area (Å²) in [6.07, 6.45) is 1.59. The fraction of sp³-hybridized carbons (Fsp3) is 0.238. The van der Waals surface area contributed by atoms with Crippen LogP contribution in [0.15, 0.2) is 47.5 Å². The van der Waals surface area contributed by atoms with Crippen molar-refractivity contribution >= 4 is 22.7 Å². The molecule has 2 aromatic heterocycles. The van der Waals surface area contributed by atoms with Crippen LogP contribution in [-0.4, -0.2) is 37.5 Å². The average molecular weight is 425 g/mol. The Morgan fingerprint density at radius 1 is 1.17 bits per heavy atom. The molecule has 1 atom stereocenters. The van der Waals surface area contributed by atoms with Gasteiger partial charge < -0.3 is 9.47 Å². The number of rotatable bonds is 5. The number of pyridine rings is 1. The highest BCUT2D eigenvalue weighted by atomic mass is 32.2. The van der Waals surface area contributed by atoms with Crippen LogP contribution in [0.5, 0.6) is 0 Å². The second-order valence-electron chi connectivity index (χ2n) is 6.58. The van der Waals surface area contributed by atoms with E-state index >= 15 is 0 Å². The lowest BCUT2D eigenvalue weighted by molar-refractivity contribution is -0.142. The number of carbonyl (C=O) groups is 2. The molecule has 30 heavy (non-hydrogen) atoms. The van der Waals surface area contributed by atoms with Gasteiger partial charge in [0.15, 0.2) is 5.69 Å². The van der Waals surface area contributed by atoms with Crippen molar-refractivity contribution in [2.45, 2.75) is 31.1 Å². The minimum Gasteiger partial charge on any atom is -0.461 e. The summed E-state index contributed by atoms with van der Waals surface area (Å²) in [4.78, 5) is 28.5. The van der Waals surface area contributed by atoms with Crippen molar-refractivity contribution in [1.82, 2.24) is 14.8 Å². The molecule has 154 valence electrons. The molecule has 0 bridgehead atoms. The largest absolute Gasteiger partial charge is 0.461 e. The molecule has 0 N–H and O–H groups in total. The smallest absolute Gasteiger partial charge is 0.359 e. The van der Waals surface area contributed by atoms with Gasteiger partial charge in [0.05, 0.1) is 46.4 Å². The van der Waals surface area contributed by atoms with Gasteiger partial charge >= 0.3 is 11.9 Å². The van der Waals surface area contributed by atoms with Gasteiger partial charge in [-0.15, -0.1) is 0 Å². The third kappa shape index (κ3) is 3.63. The molecule has 8 nitrogen and oxygen atoms in total. The molecular formula is C21H19N3O5S. The fourth-order valence-corrected chi connectivity index (χ4v) is 4.62. The van der Waals surface area contributed by atoms with Crippen LogP contribution in [0.1, 0.15) is 35.6 Å². The monoisotopic (exact) mass is 425 g/mol. The van der Waals surface area contributed by atoms with Gasteiger partial charge in [0.2, 0.25) is 0 Å². The van der Waals surface area contributed by atoms with E-state index in [0.29, 0.717) is 27.5 Å². The van der Waals surface area contributed by atoms with Gasteiger partial charge in [0, 0.05) is 22.9 Å². The molecule has 1 aliphatic rings. The lowest BCUT2D eigenvalue weighted by Gasteiger charge is -2.18. The summed E-state index contributed by atoms with van der Waals surface area (Å²) in [5.74, 6) is -0.757. The zero-order chi connectivity index (χ0) is 21.3. The second-order valence-corrected chi connectivity index (χ2v) is 8.00. The summed E-state index contributed by atoms with van der Waals surface area (Å²) in [6.45, 7) is 3.35. The highest BCUT2D eigenvalue weighted by Crippen LogP contribution is 2.39. The van der Waals surface area contributed by atoms with Gasteiger partial charge in [-0.25, -0.2) is 9.48 Å². The van der Waals surface area contributed by atoms with E-state index in [-0.39, 0.29) is 30.6 Å². The Labute approximate surface area is 175 Å². The summed E-state index contributed by atoms with van der Waals surface area (Å²) in [5, 5.41) is 4.50. The first-order valence-corrected chi connectivity index (χ1v) is 10.7. The van der Waals surface area contributed by atoms with Crippen molar-refractivity contribution in [3.05, 3.63) is 59.5 Å². The van der Waals surface area contributed by atoms with Crippen LogP contribution in [0.4, 0.5) is 0 Å². The molecule has 3 heterocycles. The van der Waals surface area contributed by atoms with Crippen LogP contribution in [0.2, 0.25) is 0 Å². The summed E-state index contributed by atoms with van der Waals surface area (Å²) in [5.41, 5.74) is 3.40. The number of benzene rings is 1. The molecule has 0 saturated heterocycles. The number of nitrogens with zero attached hydrogens (tertiary/aromatic N) is 3. The number of ether oxygens (including phenoxy) is 2. The van der Waals surface area contributed by atoms with E-state index < -0.39 is 16.8 Å². The van der Waals surface area contributed by atoms with Gasteiger partial charge in [-0.1, -0.05) is 18.2 Å². The first kappa shape index (κ1) is 20.0. The van der Waals surface area contributed by atoms with E-state index in [1.165, 1.54) is 6.92 Å². The van der Waals surface area contributed by atoms with Crippen LogP contribution in [0.3, 0.4) is 0 Å². The Morgan fingerprint density at radius 2 is 1.97 bits per heavy atom. The number of hydrogen-bond acceptors (Lipinski definition) is 7. The number of hydrogen-bond donors (Lipinski definition) is 0. The Hall–Kier alpha value is -3.33. The van der Waals surface area contributed by atoms with E-state index in [2.05, 4.69) is 10.1 Å². The molecule has 4 rings (SSSR count). The van der Waals surface area contributed by atoms with Crippen molar-refractivity contribution in [3.63, 3.8) is 0 Å². The predicted octanol–water partition coefficient (Wildman–Crippen LogP) is 2.80. The molecule has 9 heteroatoms. The van der Waals surface area contributed by atoms with Crippen LogP contribution in [-0.2, 0) is 37.4 Å². The van der Waals surface area contributed by atoms with Crippen molar-refractivity contribution in [2.75, 3.05) is 6.61 Å². The van der Waals surface area contributed by atoms with Crippen molar-refractivity contribution < 1.29 is 23.3 Å². The Morgan fingerprint density at radius 3 is 2.67 bits per heavy atom. The second kappa shape index (κ2) is 8.19. The maximum atomic E-state index is 12.8. The average Bonchev–Trinajstić information content (AvgIpc) is 3.12. The van der Waals surface area contributed by atoms with Crippen LogP contribution >= 0.6 is 0 Å². The van der Waals surface area contributed by atoms with E-state index in [9.17, 15) is 13.8 Å². The Bertz CT molecular complexity index is 1150. The number of fused-ring (bicyclic) bond motifs is 3. The number of aromatic nitrogens is 3. The zero-order valence-corrected chi connectivity index (χ0v) is 17.3. The van der Waals surface area contributed by atoms with Crippen LogP contribution in [0.25, 0.3) is 16.9 Å². The van der Waals surface area contributed by atoms with Crippen molar-refractivity contribution in [2.24, 2.45) is 0 Å². The molecule has 1 aliphatic heterocycles. The van der Waals surface area contributed by atoms with Gasteiger partial charge in [0.25, 0.3) is 0 Å². The summed E-state index contributed by atoms with van der Waals surface area (Å²) in [6, 6.07) is 10.9. The van der Waals surface area contributed by atoms with Crippen molar-refractivity contribution in [1.29, 1.82) is 0 Å². The Kier molecular flexibility index (Phi) is 5.45. The van der Waals surface area contributed by atoms with Gasteiger partial charge in [0.1, 0.15) is 6.61 Å². The van der Waals surface area contributed by atoms with Crippen LogP contribution < -0.4 is 0 Å². The quantitative estimate of drug-likeness (QED) is 0.580. The maximum Gasteiger partial charge on any atom is 0.359 e. The van der Waals surface area contributed by atoms with Gasteiger partial charge in [-0.2, -0.15) is 5.10 Å². The number of carbonyl (C=O) groups excluding carboxylic acids is 2. The minimum absolute atomic E-state index is 0.0721. The van der Waals surface area contributed by atoms with E-state index in [0.717, 1.165) is 5.56 Å². The molecule has 0 radical (unpaired) electrons. The fourth-order valence-electron chi connectivity index (χ4n) is 3.29. The SMILES string of the molecule is CCOC(=O)c1nn(-c2ccc(COC(C)=O)nc2)c2c1CS(=O)c1ccccc1-2. The lowest BCUT2D eigenvalue weighted by atomic mass is 10.1. The van der Waals surface area contributed by atoms with Crippen LogP contribution in [0, 0.1) is 0 Å². The van der Waals surface area contributed by atoms with Gasteiger partial charge in [-0.3, -0.25) is 14.0 Å². The minimum atomic E-state index is -1.29. The molecule has 0 saturated carbocycles. The van der Waals surface area contributed by atoms with E-state index in [1.54, 1.807) is 29.9 Å². The molecule has 1 aromatic carbocycles. The maximum absolute atomic E-state index is 12.8. The molecule has 0 fully saturated rings. The molecule has 0 amide bonds. The van der Waals surface area contributed by atoms with E-state index in [1.807, 2.05) is 24.3 Å². The first-order chi connectivity index (χ1) is 14.5. The normalized spacial score (nSPS) is 14.5. The first-order valence-electron chi connectivity index (χ1n) is 9.35. The third-order valence-electron chi connectivity index (χ3n) is 4.59. The van der Waals surface area contributed by atoms with Crippen molar-refractivity contribution in [3.8, 4) is 16.9 Å². The zero-order valence-electron chi connectivity index (χ0n) is 16.5. The molecular weight excluding hydrogens is 406 g/mol. The highest BCUT2D eigenvalue weighted by molar-refractivity contribution is 7.84. The molecule has 0 spiro atoms. The lowest BCUT2D eigenvalue weighted by Crippen LogP contribution is -2.12.